The van der Waals surface area contributed by atoms with Gasteiger partial charge in [0, 0.05) is 5.56 Å². The Bertz CT molecular complexity index is 381. The molecule has 0 radical (unpaired) electrons. The summed E-state index contributed by atoms with van der Waals surface area (Å²) in [6.45, 7) is 1.10. The summed E-state index contributed by atoms with van der Waals surface area (Å²) in [5, 5.41) is 2.22. The van der Waals surface area contributed by atoms with Crippen LogP contribution in [0.5, 0.6) is 5.75 Å². The molecule has 1 aromatic rings. The van der Waals surface area contributed by atoms with Crippen molar-refractivity contribution in [2.75, 3.05) is 27.7 Å². The van der Waals surface area contributed by atoms with E-state index in [1.54, 1.807) is 7.11 Å². The van der Waals surface area contributed by atoms with Gasteiger partial charge in [0.1, 0.15) is 5.75 Å². The molecule has 0 unspecified atom stereocenters. The number of hydrazone groups is 1. The third-order valence-electron chi connectivity index (χ3n) is 3.00. The van der Waals surface area contributed by atoms with Gasteiger partial charge in [-0.2, -0.15) is 5.01 Å². The number of nitrogens with zero attached hydrogens (tertiary/aromatic N) is 2. The van der Waals surface area contributed by atoms with Crippen LogP contribution in [-0.2, 0) is 0 Å². The SMILES string of the molecule is COc1ccc(C2=[N+](C)N(C)CC2)cc1. The van der Waals surface area contributed by atoms with E-state index in [1.807, 2.05) is 12.1 Å². The molecule has 1 heterocycles. The summed E-state index contributed by atoms with van der Waals surface area (Å²) < 4.78 is 7.36. The average molecular weight is 205 g/mol. The smallest absolute Gasteiger partial charge is 0.214 e. The molecule has 80 valence electrons. The van der Waals surface area contributed by atoms with Gasteiger partial charge >= 0.3 is 0 Å². The van der Waals surface area contributed by atoms with Crippen LogP contribution in [0.3, 0.4) is 0 Å². The Kier molecular flexibility index (Phi) is 2.62. The maximum Gasteiger partial charge on any atom is 0.214 e. The standard InChI is InChI=1S/C12H17N2O/c1-13-9-8-12(14(13)2)10-4-6-11(15-3)7-5-10/h4-7H,8-9H2,1-3H3/q+1. The normalized spacial score (nSPS) is 16.1. The fraction of sp³-hybridized carbons (Fsp3) is 0.417. The molecule has 3 nitrogen and oxygen atoms in total. The molecule has 0 saturated heterocycles. The Morgan fingerprint density at radius 1 is 1.27 bits per heavy atom. The molecule has 15 heavy (non-hydrogen) atoms. The van der Waals surface area contributed by atoms with Crippen LogP contribution >= 0.6 is 0 Å². The maximum absolute atomic E-state index is 5.15. The highest BCUT2D eigenvalue weighted by Crippen LogP contribution is 2.15. The summed E-state index contributed by atoms with van der Waals surface area (Å²) in [5.41, 5.74) is 2.66. The van der Waals surface area contributed by atoms with E-state index >= 15 is 0 Å². The first-order valence-electron chi connectivity index (χ1n) is 5.17. The summed E-state index contributed by atoms with van der Waals surface area (Å²) in [6, 6.07) is 8.25. The van der Waals surface area contributed by atoms with Gasteiger partial charge in [-0.15, -0.1) is 4.68 Å². The first-order valence-corrected chi connectivity index (χ1v) is 5.17. The fourth-order valence-electron chi connectivity index (χ4n) is 1.90. The van der Waals surface area contributed by atoms with Crippen molar-refractivity contribution in [3.63, 3.8) is 0 Å². The number of hydrazine groups is 1. The van der Waals surface area contributed by atoms with Crippen LogP contribution in [0, 0.1) is 0 Å². The third-order valence-corrected chi connectivity index (χ3v) is 3.00. The number of ether oxygens (including phenoxy) is 1. The minimum absolute atomic E-state index is 0.911. The molecular formula is C12H17N2O+. The second-order valence-electron chi connectivity index (χ2n) is 3.83. The number of benzene rings is 1. The molecule has 0 atom stereocenters. The Labute approximate surface area is 90.6 Å². The van der Waals surface area contributed by atoms with Crippen LogP contribution in [0.15, 0.2) is 24.3 Å². The third kappa shape index (κ3) is 1.82. The van der Waals surface area contributed by atoms with Gasteiger partial charge in [-0.05, 0) is 24.3 Å². The van der Waals surface area contributed by atoms with Crippen molar-refractivity contribution in [1.29, 1.82) is 0 Å². The number of methoxy groups -OCH3 is 1. The molecule has 0 aromatic heterocycles. The van der Waals surface area contributed by atoms with Gasteiger partial charge < -0.3 is 4.74 Å². The van der Waals surface area contributed by atoms with Crippen molar-refractivity contribution in [2.45, 2.75) is 6.42 Å². The van der Waals surface area contributed by atoms with E-state index in [-0.39, 0.29) is 0 Å². The van der Waals surface area contributed by atoms with Crippen molar-refractivity contribution >= 4 is 5.71 Å². The highest BCUT2D eigenvalue weighted by molar-refractivity contribution is 5.97. The molecule has 0 saturated carbocycles. The zero-order valence-corrected chi connectivity index (χ0v) is 9.53. The lowest BCUT2D eigenvalue weighted by atomic mass is 10.1. The monoisotopic (exact) mass is 205 g/mol. The van der Waals surface area contributed by atoms with Crippen molar-refractivity contribution in [3.05, 3.63) is 29.8 Å². The minimum atomic E-state index is 0.911. The van der Waals surface area contributed by atoms with Gasteiger partial charge in [0.2, 0.25) is 5.71 Å². The predicted molar refractivity (Wildman–Crippen MR) is 60.5 cm³/mol. The number of hydrogen-bond donors (Lipinski definition) is 0. The first-order chi connectivity index (χ1) is 7.22. The molecular weight excluding hydrogens is 188 g/mol. The molecule has 0 N–H and O–H groups in total. The minimum Gasteiger partial charge on any atom is -0.497 e. The molecule has 0 amide bonds. The van der Waals surface area contributed by atoms with Crippen LogP contribution in [0.4, 0.5) is 0 Å². The van der Waals surface area contributed by atoms with Crippen LogP contribution < -0.4 is 4.74 Å². The van der Waals surface area contributed by atoms with E-state index in [9.17, 15) is 0 Å². The Hall–Kier alpha value is -1.51. The molecule has 0 spiro atoms. The van der Waals surface area contributed by atoms with Gasteiger partial charge in [0.15, 0.2) is 7.05 Å². The number of hydrogen-bond acceptors (Lipinski definition) is 2. The van der Waals surface area contributed by atoms with E-state index in [4.69, 9.17) is 4.74 Å². The summed E-state index contributed by atoms with van der Waals surface area (Å²) in [7, 11) is 5.90. The second kappa shape index (κ2) is 3.93. The van der Waals surface area contributed by atoms with Gasteiger partial charge in [0.05, 0.1) is 27.1 Å². The van der Waals surface area contributed by atoms with Gasteiger partial charge in [-0.3, -0.25) is 0 Å². The largest absolute Gasteiger partial charge is 0.497 e. The second-order valence-corrected chi connectivity index (χ2v) is 3.83. The highest BCUT2D eigenvalue weighted by atomic mass is 16.5. The fourth-order valence-corrected chi connectivity index (χ4v) is 1.90. The summed E-state index contributed by atoms with van der Waals surface area (Å²) in [4.78, 5) is 0. The highest BCUT2D eigenvalue weighted by Gasteiger charge is 2.25. The lowest BCUT2D eigenvalue weighted by molar-refractivity contribution is -0.651. The van der Waals surface area contributed by atoms with E-state index in [1.165, 1.54) is 11.3 Å². The zero-order chi connectivity index (χ0) is 10.8. The first kappa shape index (κ1) is 10.0. The van der Waals surface area contributed by atoms with Crippen molar-refractivity contribution in [2.24, 2.45) is 0 Å². The summed E-state index contributed by atoms with van der Waals surface area (Å²) >= 11 is 0. The van der Waals surface area contributed by atoms with Crippen LogP contribution in [0.2, 0.25) is 0 Å². The molecule has 3 heteroatoms. The molecule has 1 aliphatic heterocycles. The molecule has 2 rings (SSSR count). The van der Waals surface area contributed by atoms with Gasteiger partial charge in [-0.25, -0.2) is 0 Å². The molecule has 1 aromatic carbocycles. The quantitative estimate of drug-likeness (QED) is 0.678. The Balaban J connectivity index is 2.30. The maximum atomic E-state index is 5.15. The lowest BCUT2D eigenvalue weighted by Crippen LogP contribution is -2.24. The molecule has 0 aliphatic carbocycles. The van der Waals surface area contributed by atoms with Crippen LogP contribution in [0.1, 0.15) is 12.0 Å². The van der Waals surface area contributed by atoms with Crippen LogP contribution in [-0.4, -0.2) is 43.2 Å². The van der Waals surface area contributed by atoms with E-state index in [2.05, 4.69) is 35.9 Å². The van der Waals surface area contributed by atoms with Gasteiger partial charge in [-0.1, -0.05) is 0 Å². The van der Waals surface area contributed by atoms with E-state index in [0.29, 0.717) is 0 Å². The topological polar surface area (TPSA) is 15.5 Å². The van der Waals surface area contributed by atoms with Crippen molar-refractivity contribution < 1.29 is 9.42 Å². The molecule has 0 fully saturated rings. The Morgan fingerprint density at radius 2 is 1.93 bits per heavy atom. The van der Waals surface area contributed by atoms with E-state index < -0.39 is 0 Å². The van der Waals surface area contributed by atoms with Crippen LogP contribution in [0.25, 0.3) is 0 Å². The Morgan fingerprint density at radius 3 is 2.40 bits per heavy atom. The summed E-state index contributed by atoms with van der Waals surface area (Å²) in [6.07, 6.45) is 1.11. The average Bonchev–Trinajstić information content (AvgIpc) is 2.60. The lowest BCUT2D eigenvalue weighted by Gasteiger charge is -2.05. The molecule has 1 aliphatic rings. The van der Waals surface area contributed by atoms with E-state index in [0.717, 1.165) is 18.7 Å². The summed E-state index contributed by atoms with van der Waals surface area (Å²) in [5.74, 6) is 0.911. The van der Waals surface area contributed by atoms with Crippen molar-refractivity contribution in [3.8, 4) is 5.75 Å². The van der Waals surface area contributed by atoms with Gasteiger partial charge in [0.25, 0.3) is 0 Å². The number of rotatable bonds is 2. The zero-order valence-electron chi connectivity index (χ0n) is 9.53. The van der Waals surface area contributed by atoms with Crippen molar-refractivity contribution in [1.82, 2.24) is 5.01 Å². The predicted octanol–water partition coefficient (Wildman–Crippen LogP) is 1.38. The molecule has 0 bridgehead atoms.